The van der Waals surface area contributed by atoms with E-state index >= 15 is 0 Å². The van der Waals surface area contributed by atoms with Crippen LogP contribution in [0.15, 0.2) is 12.1 Å². The SMILES string of the molecule is CCC1Oc2c(Cl)cc(Cl)cc2C1NC. The molecule has 1 N–H and O–H groups in total. The zero-order valence-electron chi connectivity index (χ0n) is 8.68. The van der Waals surface area contributed by atoms with Gasteiger partial charge in [0.2, 0.25) is 0 Å². The van der Waals surface area contributed by atoms with E-state index < -0.39 is 0 Å². The number of nitrogens with one attached hydrogen (secondary N) is 1. The lowest BCUT2D eigenvalue weighted by Crippen LogP contribution is -2.27. The molecule has 0 aliphatic carbocycles. The maximum Gasteiger partial charge on any atom is 0.143 e. The van der Waals surface area contributed by atoms with E-state index in [1.165, 1.54) is 0 Å². The Hall–Kier alpha value is -0.440. The Labute approximate surface area is 99.5 Å². The van der Waals surface area contributed by atoms with Crippen molar-refractivity contribution in [3.05, 3.63) is 27.7 Å². The number of ether oxygens (including phenoxy) is 1. The maximum absolute atomic E-state index is 6.08. The average Bonchev–Trinajstić information content (AvgIpc) is 2.55. The summed E-state index contributed by atoms with van der Waals surface area (Å²) in [6.07, 6.45) is 1.08. The van der Waals surface area contributed by atoms with E-state index in [0.717, 1.165) is 17.7 Å². The van der Waals surface area contributed by atoms with Gasteiger partial charge in [0.1, 0.15) is 11.9 Å². The predicted molar refractivity (Wildman–Crippen MR) is 63.0 cm³/mol. The van der Waals surface area contributed by atoms with Gasteiger partial charge in [0, 0.05) is 10.6 Å². The molecule has 1 aliphatic heterocycles. The first-order valence-corrected chi connectivity index (χ1v) is 5.75. The molecule has 0 saturated carbocycles. The van der Waals surface area contributed by atoms with Crippen LogP contribution in [0.3, 0.4) is 0 Å². The topological polar surface area (TPSA) is 21.3 Å². The van der Waals surface area contributed by atoms with Crippen molar-refractivity contribution in [3.63, 3.8) is 0 Å². The second-order valence-corrected chi connectivity index (χ2v) is 4.48. The zero-order valence-corrected chi connectivity index (χ0v) is 10.2. The fourth-order valence-corrected chi connectivity index (χ4v) is 2.57. The molecule has 82 valence electrons. The van der Waals surface area contributed by atoms with Gasteiger partial charge >= 0.3 is 0 Å². The summed E-state index contributed by atoms with van der Waals surface area (Å²) >= 11 is 12.1. The highest BCUT2D eigenvalue weighted by atomic mass is 35.5. The molecule has 2 unspecified atom stereocenters. The van der Waals surface area contributed by atoms with E-state index in [9.17, 15) is 0 Å². The minimum atomic E-state index is 0.140. The number of benzene rings is 1. The third-order valence-corrected chi connectivity index (χ3v) is 3.23. The van der Waals surface area contributed by atoms with Gasteiger partial charge in [-0.25, -0.2) is 0 Å². The molecule has 2 atom stereocenters. The van der Waals surface area contributed by atoms with Gasteiger partial charge in [-0.15, -0.1) is 0 Å². The van der Waals surface area contributed by atoms with Crippen LogP contribution in [0.25, 0.3) is 0 Å². The van der Waals surface area contributed by atoms with Crippen molar-refractivity contribution in [2.45, 2.75) is 25.5 Å². The number of rotatable bonds is 2. The largest absolute Gasteiger partial charge is 0.487 e. The van der Waals surface area contributed by atoms with Crippen LogP contribution in [0.4, 0.5) is 0 Å². The molecule has 0 aromatic heterocycles. The van der Waals surface area contributed by atoms with Gasteiger partial charge in [0.05, 0.1) is 11.1 Å². The van der Waals surface area contributed by atoms with Crippen LogP contribution >= 0.6 is 23.2 Å². The molecule has 0 spiro atoms. The summed E-state index contributed by atoms with van der Waals surface area (Å²) in [5.41, 5.74) is 1.06. The summed E-state index contributed by atoms with van der Waals surface area (Å²) in [6, 6.07) is 3.81. The maximum atomic E-state index is 6.08. The predicted octanol–water partition coefficient (Wildman–Crippen LogP) is 3.42. The molecule has 0 bridgehead atoms. The fourth-order valence-electron chi connectivity index (χ4n) is 2.02. The average molecular weight is 246 g/mol. The molecule has 0 radical (unpaired) electrons. The zero-order chi connectivity index (χ0) is 11.0. The molecule has 1 aromatic carbocycles. The molecule has 15 heavy (non-hydrogen) atoms. The van der Waals surface area contributed by atoms with E-state index in [0.29, 0.717) is 10.0 Å². The molecule has 0 saturated heterocycles. The second kappa shape index (κ2) is 4.20. The van der Waals surface area contributed by atoms with Gasteiger partial charge < -0.3 is 10.1 Å². The highest BCUT2D eigenvalue weighted by molar-refractivity contribution is 6.35. The van der Waals surface area contributed by atoms with Crippen molar-refractivity contribution >= 4 is 23.2 Å². The normalized spacial score (nSPS) is 23.7. The summed E-state index contributed by atoms with van der Waals surface area (Å²) in [7, 11) is 1.92. The number of hydrogen-bond acceptors (Lipinski definition) is 2. The van der Waals surface area contributed by atoms with Crippen molar-refractivity contribution in [1.82, 2.24) is 5.32 Å². The lowest BCUT2D eigenvalue weighted by molar-refractivity contribution is 0.189. The van der Waals surface area contributed by atoms with Crippen molar-refractivity contribution < 1.29 is 4.74 Å². The summed E-state index contributed by atoms with van der Waals surface area (Å²) in [5.74, 6) is 0.771. The Morgan fingerprint density at radius 3 is 2.73 bits per heavy atom. The third kappa shape index (κ3) is 1.82. The number of hydrogen-bond donors (Lipinski definition) is 1. The lowest BCUT2D eigenvalue weighted by Gasteiger charge is -2.16. The van der Waals surface area contributed by atoms with E-state index in [-0.39, 0.29) is 12.1 Å². The minimum Gasteiger partial charge on any atom is -0.487 e. The van der Waals surface area contributed by atoms with Crippen LogP contribution in [-0.4, -0.2) is 13.2 Å². The van der Waals surface area contributed by atoms with E-state index in [4.69, 9.17) is 27.9 Å². The molecular formula is C11H13Cl2NO. The van der Waals surface area contributed by atoms with Crippen molar-refractivity contribution in [2.75, 3.05) is 7.05 Å². The van der Waals surface area contributed by atoms with Crippen LogP contribution in [0.2, 0.25) is 10.0 Å². The Morgan fingerprint density at radius 1 is 1.40 bits per heavy atom. The molecule has 2 rings (SSSR count). The van der Waals surface area contributed by atoms with Gasteiger partial charge in [-0.1, -0.05) is 30.1 Å². The van der Waals surface area contributed by atoms with Crippen LogP contribution < -0.4 is 10.1 Å². The first-order chi connectivity index (χ1) is 7.17. The molecule has 1 aliphatic rings. The van der Waals surface area contributed by atoms with Crippen LogP contribution in [0.1, 0.15) is 24.9 Å². The molecular weight excluding hydrogens is 233 g/mol. The van der Waals surface area contributed by atoms with Crippen molar-refractivity contribution in [1.29, 1.82) is 0 Å². The summed E-state index contributed by atoms with van der Waals surface area (Å²) < 4.78 is 5.79. The molecule has 1 heterocycles. The van der Waals surface area contributed by atoms with Gasteiger partial charge in [-0.2, -0.15) is 0 Å². The molecule has 2 nitrogen and oxygen atoms in total. The van der Waals surface area contributed by atoms with Crippen molar-refractivity contribution in [3.8, 4) is 5.75 Å². The number of likely N-dealkylation sites (N-methyl/N-ethyl adjacent to an activating group) is 1. The smallest absolute Gasteiger partial charge is 0.143 e. The first kappa shape index (κ1) is 11.1. The van der Waals surface area contributed by atoms with Crippen LogP contribution in [0, 0.1) is 0 Å². The Balaban J connectivity index is 2.47. The van der Waals surface area contributed by atoms with E-state index in [1.807, 2.05) is 13.1 Å². The van der Waals surface area contributed by atoms with Gasteiger partial charge in [-0.3, -0.25) is 0 Å². The molecule has 0 amide bonds. The third-order valence-electron chi connectivity index (χ3n) is 2.73. The van der Waals surface area contributed by atoms with E-state index in [2.05, 4.69) is 12.2 Å². The Morgan fingerprint density at radius 2 is 2.13 bits per heavy atom. The first-order valence-electron chi connectivity index (χ1n) is 5.00. The van der Waals surface area contributed by atoms with Crippen LogP contribution in [-0.2, 0) is 0 Å². The number of fused-ring (bicyclic) bond motifs is 1. The quantitative estimate of drug-likeness (QED) is 0.863. The highest BCUT2D eigenvalue weighted by Crippen LogP contribution is 2.43. The Bertz CT molecular complexity index is 381. The molecule has 0 fully saturated rings. The van der Waals surface area contributed by atoms with Gasteiger partial charge in [0.15, 0.2) is 0 Å². The second-order valence-electron chi connectivity index (χ2n) is 3.64. The van der Waals surface area contributed by atoms with Crippen LogP contribution in [0.5, 0.6) is 5.75 Å². The van der Waals surface area contributed by atoms with E-state index in [1.54, 1.807) is 6.07 Å². The van der Waals surface area contributed by atoms with Gasteiger partial charge in [-0.05, 0) is 25.6 Å². The Kier molecular flexibility index (Phi) is 3.10. The standard InChI is InChI=1S/C11H13Cl2NO/c1-3-9-10(14-2)7-4-6(12)5-8(13)11(7)15-9/h4-5,9-10,14H,3H2,1-2H3. The highest BCUT2D eigenvalue weighted by Gasteiger charge is 2.33. The summed E-state index contributed by atoms with van der Waals surface area (Å²) in [5, 5.41) is 4.48. The minimum absolute atomic E-state index is 0.140. The van der Waals surface area contributed by atoms with Gasteiger partial charge in [0.25, 0.3) is 0 Å². The fraction of sp³-hybridized carbons (Fsp3) is 0.455. The lowest BCUT2D eigenvalue weighted by atomic mass is 10.0. The summed E-state index contributed by atoms with van der Waals surface area (Å²) in [6.45, 7) is 2.09. The summed E-state index contributed by atoms with van der Waals surface area (Å²) in [4.78, 5) is 0. The molecule has 1 aromatic rings. The van der Waals surface area contributed by atoms with Crippen molar-refractivity contribution in [2.24, 2.45) is 0 Å². The molecule has 4 heteroatoms. The monoisotopic (exact) mass is 245 g/mol. The number of halogens is 2.